The third-order valence-electron chi connectivity index (χ3n) is 6.47. The summed E-state index contributed by atoms with van der Waals surface area (Å²) < 4.78 is 20.1. The lowest BCUT2D eigenvalue weighted by Gasteiger charge is -2.47. The van der Waals surface area contributed by atoms with E-state index in [9.17, 15) is 9.32 Å². The van der Waals surface area contributed by atoms with E-state index in [1.807, 2.05) is 20.8 Å². The monoisotopic (exact) mass is 458 g/mol. The molecule has 1 saturated heterocycles. The van der Waals surface area contributed by atoms with Gasteiger partial charge in [-0.1, -0.05) is 102 Å². The zero-order valence-corrected chi connectivity index (χ0v) is 21.6. The molecule has 1 aliphatic rings. The van der Waals surface area contributed by atoms with Crippen LogP contribution in [-0.4, -0.2) is 40.8 Å². The lowest BCUT2D eigenvalue weighted by atomic mass is 9.85. The lowest BCUT2D eigenvalue weighted by Crippen LogP contribution is -2.68. The van der Waals surface area contributed by atoms with Crippen molar-refractivity contribution in [1.82, 2.24) is 0 Å². The zero-order chi connectivity index (χ0) is 22.9. The van der Waals surface area contributed by atoms with Gasteiger partial charge in [0.25, 0.3) is 8.32 Å². The Hall–Kier alpha value is -1.27. The summed E-state index contributed by atoms with van der Waals surface area (Å²) in [4.78, 5) is 0. The van der Waals surface area contributed by atoms with Crippen molar-refractivity contribution in [3.05, 3.63) is 60.7 Å². The smallest absolute Gasteiger partial charge is 0.261 e. The molecule has 1 aliphatic heterocycles. The Balaban J connectivity index is 2.04. The molecule has 0 radical (unpaired) electrons. The predicted molar refractivity (Wildman–Crippen MR) is 134 cm³/mol. The summed E-state index contributed by atoms with van der Waals surface area (Å²) in [5.74, 6) is 0.584. The van der Waals surface area contributed by atoms with Gasteiger partial charge in [0.2, 0.25) is 0 Å². The molecule has 0 aliphatic carbocycles. The Labute approximate surface area is 191 Å². The summed E-state index contributed by atoms with van der Waals surface area (Å²) in [6, 6.07) is 21.3. The minimum absolute atomic E-state index is 0.0222. The molecule has 3 rings (SSSR count). The van der Waals surface area contributed by atoms with Gasteiger partial charge < -0.3 is 9.53 Å². The maximum Gasteiger partial charge on any atom is 0.261 e. The van der Waals surface area contributed by atoms with E-state index in [0.29, 0.717) is 12.2 Å². The molecule has 0 bridgehead atoms. The van der Waals surface area contributed by atoms with Crippen LogP contribution < -0.4 is 10.4 Å². The summed E-state index contributed by atoms with van der Waals surface area (Å²) in [6.45, 7) is 12.9. The molecular weight excluding hydrogens is 420 g/mol. The van der Waals surface area contributed by atoms with Gasteiger partial charge in [-0.25, -0.2) is 0 Å². The second-order valence-electron chi connectivity index (χ2n) is 10.9. The van der Waals surface area contributed by atoms with E-state index < -0.39 is 25.2 Å². The molecular formula is C26H38O3SSi. The van der Waals surface area contributed by atoms with E-state index in [1.165, 1.54) is 10.4 Å². The van der Waals surface area contributed by atoms with E-state index in [4.69, 9.17) is 4.43 Å². The van der Waals surface area contributed by atoms with Crippen LogP contribution in [0.3, 0.4) is 0 Å². The van der Waals surface area contributed by atoms with Crippen LogP contribution >= 0.6 is 0 Å². The Morgan fingerprint density at radius 3 is 1.84 bits per heavy atom. The molecule has 0 amide bonds. The van der Waals surface area contributed by atoms with Gasteiger partial charge in [-0.2, -0.15) is 0 Å². The van der Waals surface area contributed by atoms with Crippen molar-refractivity contribution in [2.75, 3.05) is 5.75 Å². The normalized spacial score (nSPS) is 24.0. The van der Waals surface area contributed by atoms with Crippen LogP contribution in [0.5, 0.6) is 0 Å². The van der Waals surface area contributed by atoms with Gasteiger partial charge in [0.15, 0.2) is 0 Å². The molecule has 0 saturated carbocycles. The Bertz CT molecular complexity index is 832. The van der Waals surface area contributed by atoms with Crippen LogP contribution in [0.4, 0.5) is 0 Å². The Morgan fingerprint density at radius 2 is 1.42 bits per heavy atom. The molecule has 0 aromatic heterocycles. The summed E-state index contributed by atoms with van der Waals surface area (Å²) in [5, 5.41) is 13.1. The highest BCUT2D eigenvalue weighted by Crippen LogP contribution is 2.40. The maximum absolute atomic E-state index is 12.8. The number of aliphatic hydroxyl groups is 1. The highest BCUT2D eigenvalue weighted by atomic mass is 32.2. The molecule has 2 aromatic rings. The van der Waals surface area contributed by atoms with Crippen LogP contribution in [0, 0.1) is 5.41 Å². The summed E-state index contributed by atoms with van der Waals surface area (Å²) in [7, 11) is -3.68. The van der Waals surface area contributed by atoms with Crippen molar-refractivity contribution in [3.63, 3.8) is 0 Å². The lowest BCUT2D eigenvalue weighted by molar-refractivity contribution is 0.0428. The van der Waals surface area contributed by atoms with Crippen LogP contribution in [0.1, 0.15) is 54.4 Å². The van der Waals surface area contributed by atoms with Crippen molar-refractivity contribution in [3.8, 4) is 0 Å². The fraction of sp³-hybridized carbons (Fsp3) is 0.538. The summed E-state index contributed by atoms with van der Waals surface area (Å²) >= 11 is 0. The van der Waals surface area contributed by atoms with Crippen molar-refractivity contribution >= 4 is 29.5 Å². The zero-order valence-electron chi connectivity index (χ0n) is 19.8. The van der Waals surface area contributed by atoms with Crippen LogP contribution in [0.15, 0.2) is 60.7 Å². The molecule has 31 heavy (non-hydrogen) atoms. The number of hydrogen-bond donors (Lipinski definition) is 1. The Kier molecular flexibility index (Phi) is 7.31. The summed E-state index contributed by atoms with van der Waals surface area (Å²) in [5.41, 5.74) is -0.306. The number of benzene rings is 2. The van der Waals surface area contributed by atoms with Gasteiger partial charge in [-0.15, -0.1) is 0 Å². The van der Waals surface area contributed by atoms with Crippen molar-refractivity contribution in [2.24, 2.45) is 5.41 Å². The minimum Gasteiger partial charge on any atom is -0.404 e. The number of aliphatic hydroxyl groups excluding tert-OH is 1. The molecule has 170 valence electrons. The van der Waals surface area contributed by atoms with Gasteiger partial charge in [0, 0.05) is 22.7 Å². The van der Waals surface area contributed by atoms with Gasteiger partial charge in [0.05, 0.1) is 11.4 Å². The van der Waals surface area contributed by atoms with Gasteiger partial charge in [-0.05, 0) is 33.7 Å². The second kappa shape index (κ2) is 9.30. The van der Waals surface area contributed by atoms with Crippen molar-refractivity contribution < 1.29 is 13.7 Å². The largest absolute Gasteiger partial charge is 0.404 e. The van der Waals surface area contributed by atoms with Gasteiger partial charge >= 0.3 is 0 Å². The first-order valence-corrected chi connectivity index (χ1v) is 14.6. The molecule has 4 atom stereocenters. The summed E-state index contributed by atoms with van der Waals surface area (Å²) in [6.07, 6.45) is 0.768. The minimum atomic E-state index is -2.65. The average Bonchev–Trinajstić information content (AvgIpc) is 2.72. The Morgan fingerprint density at radius 1 is 0.935 bits per heavy atom. The van der Waals surface area contributed by atoms with E-state index in [2.05, 4.69) is 81.4 Å². The van der Waals surface area contributed by atoms with Crippen molar-refractivity contribution in [1.29, 1.82) is 0 Å². The van der Waals surface area contributed by atoms with E-state index in [-0.39, 0.29) is 21.8 Å². The highest BCUT2D eigenvalue weighted by Gasteiger charge is 2.52. The van der Waals surface area contributed by atoms with Crippen LogP contribution in [0.2, 0.25) is 5.04 Å². The topological polar surface area (TPSA) is 46.5 Å². The molecule has 0 spiro atoms. The molecule has 5 heteroatoms. The quantitative estimate of drug-likeness (QED) is 0.682. The first kappa shape index (κ1) is 24.4. The second-order valence-corrected chi connectivity index (χ2v) is 16.9. The number of hydrogen-bond acceptors (Lipinski definition) is 3. The third kappa shape index (κ3) is 5.05. The fourth-order valence-corrected chi connectivity index (χ4v) is 11.4. The third-order valence-corrected chi connectivity index (χ3v) is 13.3. The SMILES string of the molecule is CC(C)(C)[C@H](O)[C@@H]1C[C@@H](O[Si](c2ccccc2)(c2ccccc2)C(C)(C)C)CC[S@@]1=O. The highest BCUT2D eigenvalue weighted by molar-refractivity contribution is 7.85. The molecule has 1 heterocycles. The predicted octanol–water partition coefficient (Wildman–Crippen LogP) is 4.25. The molecule has 1 fully saturated rings. The van der Waals surface area contributed by atoms with Crippen molar-refractivity contribution in [2.45, 2.75) is 76.9 Å². The number of rotatable bonds is 5. The van der Waals surface area contributed by atoms with Gasteiger partial charge in [-0.3, -0.25) is 4.21 Å². The molecule has 1 N–H and O–H groups in total. The van der Waals surface area contributed by atoms with E-state index in [0.717, 1.165) is 6.42 Å². The molecule has 0 unspecified atom stereocenters. The van der Waals surface area contributed by atoms with E-state index in [1.54, 1.807) is 0 Å². The first-order valence-electron chi connectivity index (χ1n) is 11.3. The standard InChI is InChI=1S/C26H38O3SSi/c1-25(2,3)24(27)23-19-20(17-18-30(23)28)29-31(26(4,5)6,21-13-9-7-10-14-21)22-15-11-8-12-16-22/h7-16,20,23-24,27H,17-19H2,1-6H3/t20-,23-,24+,30-/m0/s1. The maximum atomic E-state index is 12.8. The van der Waals surface area contributed by atoms with E-state index >= 15 is 0 Å². The first-order chi connectivity index (χ1) is 14.5. The van der Waals surface area contributed by atoms with Crippen LogP contribution in [-0.2, 0) is 15.2 Å². The molecule has 3 nitrogen and oxygen atoms in total. The van der Waals surface area contributed by atoms with Gasteiger partial charge in [0.1, 0.15) is 0 Å². The van der Waals surface area contributed by atoms with Crippen LogP contribution in [0.25, 0.3) is 0 Å². The fourth-order valence-electron chi connectivity index (χ4n) is 4.76. The average molecular weight is 459 g/mol. The molecule has 2 aromatic carbocycles.